The number of carbonyl (C=O) groups excluding carboxylic acids is 1. The summed E-state index contributed by atoms with van der Waals surface area (Å²) in [6, 6.07) is 11.6. The van der Waals surface area contributed by atoms with E-state index in [1.165, 1.54) is 7.05 Å². The number of aliphatic hydroxyl groups excluding tert-OH is 1. The molecule has 2 aromatic rings. The highest BCUT2D eigenvalue weighted by Gasteiger charge is 2.44. The second kappa shape index (κ2) is 9.07. The number of halogens is 2. The Hall–Kier alpha value is -2.91. The zero-order valence-corrected chi connectivity index (χ0v) is 17.9. The first kappa shape index (κ1) is 22.8. The summed E-state index contributed by atoms with van der Waals surface area (Å²) in [5.41, 5.74) is 0.714. The van der Waals surface area contributed by atoms with Gasteiger partial charge in [0.25, 0.3) is 0 Å². The van der Waals surface area contributed by atoms with E-state index >= 15 is 0 Å². The molecular formula is C21H19Cl2N3O5. The number of nitrogens with zero attached hydrogens (tertiary/aromatic N) is 2. The summed E-state index contributed by atoms with van der Waals surface area (Å²) < 4.78 is -0.606. The number of hydrogen-bond acceptors (Lipinski definition) is 6. The van der Waals surface area contributed by atoms with E-state index < -0.39 is 27.8 Å². The summed E-state index contributed by atoms with van der Waals surface area (Å²) in [4.78, 5) is 28.9. The van der Waals surface area contributed by atoms with Crippen LogP contribution >= 0.6 is 23.2 Å². The monoisotopic (exact) mass is 463 g/mol. The van der Waals surface area contributed by atoms with E-state index in [1.54, 1.807) is 42.5 Å². The lowest BCUT2D eigenvalue weighted by molar-refractivity contribution is -0.757. The summed E-state index contributed by atoms with van der Waals surface area (Å²) in [6.07, 6.45) is 0. The van der Waals surface area contributed by atoms with Crippen molar-refractivity contribution in [1.82, 2.24) is 0 Å². The number of likely N-dealkylation sites (N-methyl/N-ethyl adjacent to an activating group) is 1. The van der Waals surface area contributed by atoms with Crippen molar-refractivity contribution < 1.29 is 29.4 Å². The maximum atomic E-state index is 13.2. The van der Waals surface area contributed by atoms with Crippen LogP contribution < -0.4 is 10.4 Å². The minimum Gasteiger partial charge on any atom is -0.864 e. The number of aliphatic imine (C=N–C) groups is 1. The zero-order chi connectivity index (χ0) is 22.8. The average molecular weight is 464 g/mol. The van der Waals surface area contributed by atoms with E-state index in [9.17, 15) is 19.8 Å². The Morgan fingerprint density at radius 1 is 1.19 bits per heavy atom. The summed E-state index contributed by atoms with van der Waals surface area (Å²) in [7, 11) is 1.49. The molecule has 1 atom stereocenters. The molecule has 1 unspecified atom stereocenters. The Morgan fingerprint density at radius 3 is 2.55 bits per heavy atom. The molecule has 0 radical (unpaired) electrons. The Bertz CT molecular complexity index is 1120. The number of hydrogen-bond donors (Lipinski definition) is 3. The molecule has 0 saturated carbocycles. The van der Waals surface area contributed by atoms with E-state index in [0.29, 0.717) is 21.8 Å². The van der Waals surface area contributed by atoms with Crippen LogP contribution in [-0.2, 0) is 16.1 Å². The fraction of sp³-hybridized carbons (Fsp3) is 0.190. The van der Waals surface area contributed by atoms with E-state index in [0.717, 1.165) is 0 Å². The van der Waals surface area contributed by atoms with Crippen LogP contribution in [0.1, 0.15) is 11.1 Å². The first-order valence-corrected chi connectivity index (χ1v) is 9.97. The SMILES string of the molecule is C[N+]1(Cc2ccc(Cl)c(Cl)c2)C(=O)C([O-])=C(C(=O)O)N=C1c1ccccc1NCCO. The number of rotatable bonds is 7. The molecule has 3 rings (SSSR count). The van der Waals surface area contributed by atoms with Crippen LogP contribution in [-0.4, -0.2) is 52.6 Å². The maximum absolute atomic E-state index is 13.2. The second-order valence-corrected chi connectivity index (χ2v) is 7.83. The molecule has 0 bridgehead atoms. The maximum Gasteiger partial charge on any atom is 0.354 e. The zero-order valence-electron chi connectivity index (χ0n) is 16.4. The van der Waals surface area contributed by atoms with Crippen molar-refractivity contribution in [3.63, 3.8) is 0 Å². The van der Waals surface area contributed by atoms with Gasteiger partial charge in [-0.2, -0.15) is 4.99 Å². The molecule has 162 valence electrons. The van der Waals surface area contributed by atoms with Gasteiger partial charge in [0.15, 0.2) is 5.70 Å². The fourth-order valence-corrected chi connectivity index (χ4v) is 3.65. The predicted octanol–water partition coefficient (Wildman–Crippen LogP) is 1.99. The highest BCUT2D eigenvalue weighted by molar-refractivity contribution is 6.42. The first-order chi connectivity index (χ1) is 14.7. The van der Waals surface area contributed by atoms with E-state index in [4.69, 9.17) is 28.3 Å². The van der Waals surface area contributed by atoms with Gasteiger partial charge in [0, 0.05) is 23.6 Å². The fourth-order valence-electron chi connectivity index (χ4n) is 3.33. The van der Waals surface area contributed by atoms with Crippen LogP contribution in [0.2, 0.25) is 10.0 Å². The molecular weight excluding hydrogens is 445 g/mol. The van der Waals surface area contributed by atoms with Crippen molar-refractivity contribution in [2.24, 2.45) is 4.99 Å². The quantitative estimate of drug-likeness (QED) is 0.539. The molecule has 1 aliphatic rings. The van der Waals surface area contributed by atoms with Crippen LogP contribution in [0.4, 0.5) is 5.69 Å². The third-order valence-corrected chi connectivity index (χ3v) is 5.56. The molecule has 2 aromatic carbocycles. The number of anilines is 1. The number of aliphatic carboxylic acids is 1. The average Bonchev–Trinajstić information content (AvgIpc) is 2.73. The molecule has 0 aliphatic carbocycles. The summed E-state index contributed by atoms with van der Waals surface area (Å²) in [5, 5.41) is 34.8. The highest BCUT2D eigenvalue weighted by Crippen LogP contribution is 2.31. The van der Waals surface area contributed by atoms with E-state index in [2.05, 4.69) is 10.3 Å². The van der Waals surface area contributed by atoms with Crippen molar-refractivity contribution in [3.8, 4) is 0 Å². The number of nitrogens with one attached hydrogen (secondary N) is 1. The van der Waals surface area contributed by atoms with Gasteiger partial charge in [-0.25, -0.2) is 14.1 Å². The minimum absolute atomic E-state index is 0.0124. The number of carboxylic acids is 1. The summed E-state index contributed by atoms with van der Waals surface area (Å²) in [5.74, 6) is -3.63. The van der Waals surface area contributed by atoms with Crippen LogP contribution in [0.25, 0.3) is 0 Å². The van der Waals surface area contributed by atoms with Gasteiger partial charge in [-0.1, -0.05) is 41.4 Å². The van der Waals surface area contributed by atoms with Crippen molar-refractivity contribution in [1.29, 1.82) is 0 Å². The predicted molar refractivity (Wildman–Crippen MR) is 115 cm³/mol. The molecule has 0 aromatic heterocycles. The number of quaternary nitrogens is 1. The topological polar surface area (TPSA) is 122 Å². The number of carbonyl (C=O) groups is 2. The molecule has 1 heterocycles. The van der Waals surface area contributed by atoms with Crippen molar-refractivity contribution in [2.45, 2.75) is 6.54 Å². The Balaban J connectivity index is 2.19. The van der Waals surface area contributed by atoms with Crippen LogP contribution in [0.3, 0.4) is 0 Å². The van der Waals surface area contributed by atoms with Crippen molar-refractivity contribution >= 4 is 46.6 Å². The molecule has 1 aliphatic heterocycles. The van der Waals surface area contributed by atoms with E-state index in [-0.39, 0.29) is 30.6 Å². The molecule has 0 spiro atoms. The lowest BCUT2D eigenvalue weighted by atomic mass is 10.0. The Morgan fingerprint density at radius 2 is 1.90 bits per heavy atom. The van der Waals surface area contributed by atoms with Gasteiger partial charge >= 0.3 is 11.9 Å². The van der Waals surface area contributed by atoms with E-state index in [1.807, 2.05) is 0 Å². The molecule has 0 saturated heterocycles. The first-order valence-electron chi connectivity index (χ1n) is 9.21. The van der Waals surface area contributed by atoms with Gasteiger partial charge in [0.1, 0.15) is 6.54 Å². The number of aliphatic hydroxyl groups is 1. The van der Waals surface area contributed by atoms with Crippen molar-refractivity contribution in [3.05, 3.63) is 75.1 Å². The number of carboxylic acid groups (broad SMARTS) is 1. The number of amidine groups is 1. The largest absolute Gasteiger partial charge is 0.864 e. The van der Waals surface area contributed by atoms with Gasteiger partial charge in [0.2, 0.25) is 5.84 Å². The molecule has 0 fully saturated rings. The highest BCUT2D eigenvalue weighted by atomic mass is 35.5. The van der Waals surface area contributed by atoms with Gasteiger partial charge < -0.3 is 20.6 Å². The smallest absolute Gasteiger partial charge is 0.354 e. The van der Waals surface area contributed by atoms with Gasteiger partial charge in [0.05, 0.1) is 29.3 Å². The lowest BCUT2D eigenvalue weighted by Crippen LogP contribution is -2.58. The summed E-state index contributed by atoms with van der Waals surface area (Å²) >= 11 is 12.1. The van der Waals surface area contributed by atoms with Gasteiger partial charge in [-0.3, -0.25) is 0 Å². The Kier molecular flexibility index (Phi) is 6.66. The second-order valence-electron chi connectivity index (χ2n) is 7.02. The standard InChI is InChI=1S/C21H19Cl2N3O5/c1-26(11-12-6-7-14(22)15(23)10-12)19(25-17(21(30)31)18(28)20(26)29)13-4-2-3-5-16(13)24-8-9-27/h2-7,10,27H,8-9,11H2,1H3,(H2-,24,25,28,29,30,31). The Labute approximate surface area is 188 Å². The van der Waals surface area contributed by atoms with Gasteiger partial charge in [-0.05, 0) is 24.3 Å². The van der Waals surface area contributed by atoms with Gasteiger partial charge in [-0.15, -0.1) is 0 Å². The normalized spacial score (nSPS) is 18.7. The number of para-hydroxylation sites is 1. The lowest BCUT2D eigenvalue weighted by Gasteiger charge is -2.37. The van der Waals surface area contributed by atoms with Crippen LogP contribution in [0.15, 0.2) is 58.9 Å². The molecule has 10 heteroatoms. The molecule has 3 N–H and O–H groups in total. The minimum atomic E-state index is -1.59. The number of benzene rings is 2. The molecule has 8 nitrogen and oxygen atoms in total. The molecule has 1 amide bonds. The third-order valence-electron chi connectivity index (χ3n) is 4.82. The number of amides is 1. The van der Waals surface area contributed by atoms with Crippen LogP contribution in [0, 0.1) is 0 Å². The molecule has 31 heavy (non-hydrogen) atoms. The summed E-state index contributed by atoms with van der Waals surface area (Å²) in [6.45, 7) is 0.0742. The van der Waals surface area contributed by atoms with Crippen molar-refractivity contribution in [2.75, 3.05) is 25.5 Å². The van der Waals surface area contributed by atoms with Crippen LogP contribution in [0.5, 0.6) is 0 Å². The third kappa shape index (κ3) is 4.42.